The van der Waals surface area contributed by atoms with Crippen molar-refractivity contribution in [2.75, 3.05) is 6.61 Å². The molecule has 1 rings (SSSR count). The van der Waals surface area contributed by atoms with Crippen molar-refractivity contribution < 1.29 is 9.53 Å². The Bertz CT molecular complexity index is 432. The third-order valence-electron chi connectivity index (χ3n) is 3.55. The average molecular weight is 342 g/mol. The van der Waals surface area contributed by atoms with Gasteiger partial charge in [0, 0.05) is 13.0 Å². The van der Waals surface area contributed by atoms with Gasteiger partial charge in [0.2, 0.25) is 0 Å². The number of thiazole rings is 1. The third kappa shape index (κ3) is 4.69. The fourth-order valence-corrected chi connectivity index (χ4v) is 3.78. The second-order valence-corrected chi connectivity index (χ2v) is 12.8. The maximum absolute atomic E-state index is 10.1. The number of hydrogen-bond donors (Lipinski definition) is 1. The van der Waals surface area contributed by atoms with Crippen LogP contribution in [0.25, 0.3) is 0 Å². The quantitative estimate of drug-likeness (QED) is 0.774. The summed E-state index contributed by atoms with van der Waals surface area (Å²) >= 11 is 12.9. The zero-order chi connectivity index (χ0) is 14.8. The number of halogens is 2. The lowest BCUT2D eigenvalue weighted by atomic mass is 10.2. The average Bonchev–Trinajstić information content (AvgIpc) is 2.55. The lowest BCUT2D eigenvalue weighted by Gasteiger charge is -2.36. The highest BCUT2D eigenvalue weighted by atomic mass is 35.5. The summed E-state index contributed by atoms with van der Waals surface area (Å²) in [4.78, 5) is 4.50. The van der Waals surface area contributed by atoms with Gasteiger partial charge in [0.25, 0.3) is 0 Å². The van der Waals surface area contributed by atoms with E-state index in [9.17, 15) is 5.11 Å². The second kappa shape index (κ2) is 6.41. The van der Waals surface area contributed by atoms with Crippen LogP contribution in [0.1, 0.15) is 38.2 Å². The van der Waals surface area contributed by atoms with Crippen molar-refractivity contribution >= 4 is 42.9 Å². The van der Waals surface area contributed by atoms with Crippen molar-refractivity contribution in [2.45, 2.75) is 51.4 Å². The predicted molar refractivity (Wildman–Crippen MR) is 84.9 cm³/mol. The van der Waals surface area contributed by atoms with Gasteiger partial charge in [0.15, 0.2) is 12.8 Å². The minimum absolute atomic E-state index is 0.170. The van der Waals surface area contributed by atoms with E-state index >= 15 is 0 Å². The summed E-state index contributed by atoms with van der Waals surface area (Å²) in [5.74, 6) is 0. The Hall–Kier alpha value is 0.347. The molecule has 0 aliphatic rings. The summed E-state index contributed by atoms with van der Waals surface area (Å²) < 4.78 is 6.37. The van der Waals surface area contributed by atoms with Crippen LogP contribution in [-0.4, -0.2) is 25.0 Å². The molecular formula is C12H21Cl2NO2SSi. The molecule has 0 amide bonds. The Morgan fingerprint density at radius 1 is 1.37 bits per heavy atom. The van der Waals surface area contributed by atoms with Crippen LogP contribution < -0.4 is 0 Å². The summed E-state index contributed by atoms with van der Waals surface area (Å²) in [6.07, 6.45) is -0.160. The van der Waals surface area contributed by atoms with Crippen LogP contribution in [0.5, 0.6) is 0 Å². The number of rotatable bonds is 5. The molecule has 0 bridgehead atoms. The summed E-state index contributed by atoms with van der Waals surface area (Å²) in [6.45, 7) is 11.5. The summed E-state index contributed by atoms with van der Waals surface area (Å²) in [7, 11) is -1.76. The van der Waals surface area contributed by atoms with E-state index in [-0.39, 0.29) is 10.2 Å². The van der Waals surface area contributed by atoms with Gasteiger partial charge in [-0.2, -0.15) is 0 Å². The fraction of sp³-hybridized carbons (Fsp3) is 0.750. The highest BCUT2D eigenvalue weighted by Crippen LogP contribution is 2.37. The van der Waals surface area contributed by atoms with Gasteiger partial charge in [-0.05, 0) is 18.1 Å². The Labute approximate surface area is 130 Å². The van der Waals surface area contributed by atoms with Crippen LogP contribution in [0.15, 0.2) is 0 Å². The van der Waals surface area contributed by atoms with E-state index in [4.69, 9.17) is 27.6 Å². The van der Waals surface area contributed by atoms with Gasteiger partial charge in [-0.3, -0.25) is 0 Å². The second-order valence-electron chi connectivity index (χ2n) is 6.04. The molecule has 0 aliphatic heterocycles. The Balaban J connectivity index is 2.52. The lowest BCUT2D eigenvalue weighted by molar-refractivity contribution is 0.139. The monoisotopic (exact) mass is 341 g/mol. The molecule has 1 heterocycles. The molecule has 1 aromatic rings. The Kier molecular flexibility index (Phi) is 5.87. The molecule has 19 heavy (non-hydrogen) atoms. The molecule has 0 saturated heterocycles. The number of aromatic nitrogens is 1. The zero-order valence-corrected chi connectivity index (χ0v) is 15.3. The van der Waals surface area contributed by atoms with Crippen molar-refractivity contribution in [3.63, 3.8) is 0 Å². The third-order valence-corrected chi connectivity index (χ3v) is 9.75. The van der Waals surface area contributed by atoms with E-state index < -0.39 is 14.4 Å². The number of hydrogen-bond acceptors (Lipinski definition) is 4. The van der Waals surface area contributed by atoms with Gasteiger partial charge in [-0.15, -0.1) is 11.3 Å². The first-order chi connectivity index (χ1) is 8.54. The van der Waals surface area contributed by atoms with E-state index in [1.165, 1.54) is 11.3 Å². The van der Waals surface area contributed by atoms with E-state index in [1.807, 2.05) is 0 Å². The molecule has 1 aromatic heterocycles. The molecule has 0 aromatic carbocycles. The van der Waals surface area contributed by atoms with E-state index in [2.05, 4.69) is 38.8 Å². The number of aliphatic hydroxyl groups is 1. The molecule has 3 nitrogen and oxygen atoms in total. The van der Waals surface area contributed by atoms with Crippen LogP contribution in [0.2, 0.25) is 27.8 Å². The van der Waals surface area contributed by atoms with Crippen LogP contribution in [-0.2, 0) is 4.43 Å². The highest BCUT2D eigenvalue weighted by molar-refractivity contribution is 7.16. The van der Waals surface area contributed by atoms with Gasteiger partial charge in [-0.25, -0.2) is 4.98 Å². The van der Waals surface area contributed by atoms with Gasteiger partial charge >= 0.3 is 0 Å². The van der Waals surface area contributed by atoms with Crippen molar-refractivity contribution in [1.29, 1.82) is 0 Å². The zero-order valence-electron chi connectivity index (χ0n) is 12.0. The van der Waals surface area contributed by atoms with Crippen molar-refractivity contribution in [1.82, 2.24) is 4.98 Å². The van der Waals surface area contributed by atoms with E-state index in [0.29, 0.717) is 22.4 Å². The Morgan fingerprint density at radius 2 is 1.95 bits per heavy atom. The molecule has 7 heteroatoms. The number of aliphatic hydroxyl groups excluding tert-OH is 1. The first kappa shape index (κ1) is 17.4. The summed E-state index contributed by atoms with van der Waals surface area (Å²) in [5.41, 5.74) is 0. The highest BCUT2D eigenvalue weighted by Gasteiger charge is 2.37. The van der Waals surface area contributed by atoms with Crippen molar-refractivity contribution in [3.05, 3.63) is 14.5 Å². The molecule has 1 atom stereocenters. The smallest absolute Gasteiger partial charge is 0.191 e. The SMILES string of the molecule is CC(C)(C)[Si](C)(C)OCCC(O)c1sc(Cl)nc1Cl. The van der Waals surface area contributed by atoms with Crippen molar-refractivity contribution in [2.24, 2.45) is 0 Å². The van der Waals surface area contributed by atoms with Crippen LogP contribution in [0.4, 0.5) is 0 Å². The van der Waals surface area contributed by atoms with Crippen LogP contribution >= 0.6 is 34.5 Å². The van der Waals surface area contributed by atoms with Gasteiger partial charge in [0.05, 0.1) is 11.0 Å². The molecule has 110 valence electrons. The maximum Gasteiger partial charge on any atom is 0.191 e. The summed E-state index contributed by atoms with van der Waals surface area (Å²) in [5, 5.41) is 10.5. The molecule has 0 radical (unpaired) electrons. The van der Waals surface area contributed by atoms with Crippen molar-refractivity contribution in [3.8, 4) is 0 Å². The van der Waals surface area contributed by atoms with Crippen LogP contribution in [0.3, 0.4) is 0 Å². The first-order valence-electron chi connectivity index (χ1n) is 6.18. The standard InChI is InChI=1S/C12H21Cl2NO2SSi/c1-12(2,3)19(4,5)17-7-6-8(16)9-10(13)15-11(14)18-9/h8,16H,6-7H2,1-5H3. The lowest BCUT2D eigenvalue weighted by Crippen LogP contribution is -2.41. The molecule has 0 fully saturated rings. The largest absolute Gasteiger partial charge is 0.417 e. The molecule has 0 spiro atoms. The van der Waals surface area contributed by atoms with Gasteiger partial charge in [0.1, 0.15) is 5.15 Å². The Morgan fingerprint density at radius 3 is 2.37 bits per heavy atom. The minimum Gasteiger partial charge on any atom is -0.417 e. The molecular weight excluding hydrogens is 321 g/mol. The first-order valence-corrected chi connectivity index (χ1v) is 10.7. The summed E-state index contributed by atoms with van der Waals surface area (Å²) in [6, 6.07) is 0. The number of nitrogens with zero attached hydrogens (tertiary/aromatic N) is 1. The topological polar surface area (TPSA) is 42.4 Å². The molecule has 1 unspecified atom stereocenters. The maximum atomic E-state index is 10.1. The van der Waals surface area contributed by atoms with E-state index in [0.717, 1.165) is 0 Å². The van der Waals surface area contributed by atoms with Gasteiger partial charge in [-0.1, -0.05) is 44.0 Å². The fourth-order valence-electron chi connectivity index (χ4n) is 1.27. The molecule has 1 N–H and O–H groups in total. The molecule has 0 aliphatic carbocycles. The normalized spacial score (nSPS) is 14.7. The predicted octanol–water partition coefficient (Wildman–Crippen LogP) is 4.90. The van der Waals surface area contributed by atoms with E-state index in [1.54, 1.807) is 0 Å². The minimum atomic E-state index is -1.76. The van der Waals surface area contributed by atoms with Gasteiger partial charge < -0.3 is 9.53 Å². The van der Waals surface area contributed by atoms with Crippen LogP contribution in [0, 0.1) is 0 Å². The molecule has 0 saturated carbocycles.